The van der Waals surface area contributed by atoms with Crippen molar-refractivity contribution in [1.29, 1.82) is 0 Å². The van der Waals surface area contributed by atoms with Gasteiger partial charge in [-0.1, -0.05) is 52.0 Å². The Kier molecular flexibility index (Phi) is 2.76. The van der Waals surface area contributed by atoms with Gasteiger partial charge in [-0.05, 0) is 23.0 Å². The van der Waals surface area contributed by atoms with Crippen molar-refractivity contribution in [3.05, 3.63) is 35.4 Å². The molecular formula is C15H20O2. The van der Waals surface area contributed by atoms with Crippen LogP contribution in [-0.2, 0) is 20.4 Å². The summed E-state index contributed by atoms with van der Waals surface area (Å²) in [5.41, 5.74) is 2.80. The molecule has 1 fully saturated rings. The van der Waals surface area contributed by atoms with Crippen LogP contribution in [0.1, 0.15) is 45.2 Å². The van der Waals surface area contributed by atoms with Crippen LogP contribution < -0.4 is 0 Å². The van der Waals surface area contributed by atoms with Gasteiger partial charge in [-0.3, -0.25) is 4.79 Å². The van der Waals surface area contributed by atoms with Crippen LogP contribution in [0.5, 0.6) is 0 Å². The average molecular weight is 232 g/mol. The first-order valence-electron chi connectivity index (χ1n) is 6.08. The molecule has 0 aromatic heterocycles. The first-order chi connectivity index (χ1) is 7.88. The molecule has 92 valence electrons. The fourth-order valence-corrected chi connectivity index (χ4v) is 2.25. The fraction of sp³-hybridized carbons (Fsp3) is 0.533. The molecule has 1 aromatic carbocycles. The molecule has 1 aliphatic carbocycles. The first-order valence-corrected chi connectivity index (χ1v) is 6.08. The minimum atomic E-state index is 0.0251. The second-order valence-electron chi connectivity index (χ2n) is 6.17. The van der Waals surface area contributed by atoms with E-state index in [0.29, 0.717) is 6.47 Å². The van der Waals surface area contributed by atoms with Gasteiger partial charge in [0.05, 0.1) is 0 Å². The molecule has 17 heavy (non-hydrogen) atoms. The molecule has 2 atom stereocenters. The number of benzene rings is 1. The van der Waals surface area contributed by atoms with Crippen molar-refractivity contribution in [2.45, 2.75) is 51.0 Å². The van der Waals surface area contributed by atoms with Gasteiger partial charge in [0.1, 0.15) is 6.10 Å². The summed E-state index contributed by atoms with van der Waals surface area (Å²) >= 11 is 0. The van der Waals surface area contributed by atoms with Gasteiger partial charge in [0, 0.05) is 5.41 Å². The molecule has 1 saturated carbocycles. The molecule has 1 aliphatic rings. The Morgan fingerprint density at radius 3 is 2.35 bits per heavy atom. The Morgan fingerprint density at radius 1 is 1.29 bits per heavy atom. The second kappa shape index (κ2) is 3.86. The van der Waals surface area contributed by atoms with E-state index in [2.05, 4.69) is 52.0 Å². The Balaban J connectivity index is 2.17. The molecule has 0 amide bonds. The highest BCUT2D eigenvalue weighted by Gasteiger charge is 2.53. The van der Waals surface area contributed by atoms with E-state index in [4.69, 9.17) is 4.74 Å². The molecule has 2 heteroatoms. The molecular weight excluding hydrogens is 212 g/mol. The molecule has 0 bridgehead atoms. The van der Waals surface area contributed by atoms with Crippen molar-refractivity contribution in [3.8, 4) is 0 Å². The fourth-order valence-electron chi connectivity index (χ4n) is 2.25. The smallest absolute Gasteiger partial charge is 0.293 e. The van der Waals surface area contributed by atoms with Gasteiger partial charge in [0.15, 0.2) is 0 Å². The van der Waals surface area contributed by atoms with Crippen molar-refractivity contribution < 1.29 is 9.53 Å². The first kappa shape index (κ1) is 12.2. The molecule has 0 aliphatic heterocycles. The van der Waals surface area contributed by atoms with E-state index in [9.17, 15) is 4.79 Å². The van der Waals surface area contributed by atoms with Gasteiger partial charge in [0.25, 0.3) is 6.47 Å². The topological polar surface area (TPSA) is 26.3 Å². The molecule has 0 N–H and O–H groups in total. The highest BCUT2D eigenvalue weighted by atomic mass is 16.5. The van der Waals surface area contributed by atoms with Gasteiger partial charge < -0.3 is 4.74 Å². The van der Waals surface area contributed by atoms with Crippen molar-refractivity contribution in [2.75, 3.05) is 0 Å². The zero-order valence-corrected chi connectivity index (χ0v) is 11.0. The number of rotatable bonds is 3. The van der Waals surface area contributed by atoms with Crippen LogP contribution in [-0.4, -0.2) is 12.6 Å². The quantitative estimate of drug-likeness (QED) is 0.748. The molecule has 0 radical (unpaired) electrons. The summed E-state index contributed by atoms with van der Waals surface area (Å²) in [4.78, 5) is 10.3. The van der Waals surface area contributed by atoms with Crippen LogP contribution in [0, 0.1) is 0 Å². The maximum absolute atomic E-state index is 10.3. The highest BCUT2D eigenvalue weighted by molar-refractivity contribution is 5.43. The lowest BCUT2D eigenvalue weighted by Gasteiger charge is -2.20. The molecule has 0 heterocycles. The Labute approximate surface area is 103 Å². The SMILES string of the molecule is CC(C)(C)c1ccc(C2(C)CC2OC=O)cc1. The summed E-state index contributed by atoms with van der Waals surface area (Å²) in [5, 5.41) is 0. The van der Waals surface area contributed by atoms with Crippen molar-refractivity contribution in [2.24, 2.45) is 0 Å². The van der Waals surface area contributed by atoms with Gasteiger partial charge in [0.2, 0.25) is 0 Å². The summed E-state index contributed by atoms with van der Waals surface area (Å²) in [6.07, 6.45) is 0.987. The third-order valence-corrected chi connectivity index (χ3v) is 3.79. The summed E-state index contributed by atoms with van der Waals surface area (Å²) in [6, 6.07) is 8.68. The summed E-state index contributed by atoms with van der Waals surface area (Å²) in [6.45, 7) is 9.32. The minimum Gasteiger partial charge on any atom is -0.464 e. The molecule has 0 saturated heterocycles. The zero-order chi connectivity index (χ0) is 12.7. The number of ether oxygens (including phenoxy) is 1. The molecule has 2 unspecified atom stereocenters. The maximum Gasteiger partial charge on any atom is 0.293 e. The maximum atomic E-state index is 10.3. The van der Waals surface area contributed by atoms with E-state index in [0.717, 1.165) is 6.42 Å². The Morgan fingerprint density at radius 2 is 1.88 bits per heavy atom. The van der Waals surface area contributed by atoms with Crippen molar-refractivity contribution >= 4 is 6.47 Å². The summed E-state index contributed by atoms with van der Waals surface area (Å²) in [5.74, 6) is 0. The van der Waals surface area contributed by atoms with Crippen LogP contribution in [0.4, 0.5) is 0 Å². The largest absolute Gasteiger partial charge is 0.464 e. The molecule has 2 rings (SSSR count). The molecule has 2 nitrogen and oxygen atoms in total. The lowest BCUT2D eigenvalue weighted by Crippen LogP contribution is -2.13. The Hall–Kier alpha value is -1.31. The summed E-state index contributed by atoms with van der Waals surface area (Å²) in [7, 11) is 0. The average Bonchev–Trinajstić information content (AvgIpc) is 2.91. The second-order valence-corrected chi connectivity index (χ2v) is 6.17. The lowest BCUT2D eigenvalue weighted by molar-refractivity contribution is -0.130. The van der Waals surface area contributed by atoms with Crippen molar-refractivity contribution in [3.63, 3.8) is 0 Å². The minimum absolute atomic E-state index is 0.0251. The van der Waals surface area contributed by atoms with E-state index in [-0.39, 0.29) is 16.9 Å². The normalized spacial score (nSPS) is 27.6. The molecule has 1 aromatic rings. The van der Waals surface area contributed by atoms with Gasteiger partial charge >= 0.3 is 0 Å². The standard InChI is InChI=1S/C15H20O2/c1-14(2,3)11-5-7-12(8-6-11)15(4)9-13(15)17-10-16/h5-8,10,13H,9H2,1-4H3. The van der Waals surface area contributed by atoms with E-state index in [1.165, 1.54) is 11.1 Å². The third kappa shape index (κ3) is 2.21. The van der Waals surface area contributed by atoms with E-state index in [1.807, 2.05) is 0 Å². The Bertz CT molecular complexity index is 414. The van der Waals surface area contributed by atoms with Crippen LogP contribution in [0.25, 0.3) is 0 Å². The van der Waals surface area contributed by atoms with E-state index < -0.39 is 0 Å². The van der Waals surface area contributed by atoms with Crippen LogP contribution in [0.2, 0.25) is 0 Å². The number of hydrogen-bond donors (Lipinski definition) is 0. The predicted octanol–water partition coefficient (Wildman–Crippen LogP) is 3.19. The third-order valence-electron chi connectivity index (χ3n) is 3.79. The van der Waals surface area contributed by atoms with E-state index >= 15 is 0 Å². The predicted molar refractivity (Wildman–Crippen MR) is 68.0 cm³/mol. The van der Waals surface area contributed by atoms with Crippen LogP contribution in [0.15, 0.2) is 24.3 Å². The van der Waals surface area contributed by atoms with Crippen molar-refractivity contribution in [1.82, 2.24) is 0 Å². The summed E-state index contributed by atoms with van der Waals surface area (Å²) < 4.78 is 5.04. The number of carbonyl (C=O) groups excluding carboxylic acids is 1. The number of carbonyl (C=O) groups is 1. The van der Waals surface area contributed by atoms with Gasteiger partial charge in [-0.25, -0.2) is 0 Å². The zero-order valence-electron chi connectivity index (χ0n) is 11.0. The van der Waals surface area contributed by atoms with Crippen LogP contribution in [0.3, 0.4) is 0 Å². The lowest BCUT2D eigenvalue weighted by atomic mass is 9.85. The van der Waals surface area contributed by atoms with E-state index in [1.54, 1.807) is 0 Å². The molecule has 0 spiro atoms. The van der Waals surface area contributed by atoms with Crippen LogP contribution >= 0.6 is 0 Å². The van der Waals surface area contributed by atoms with Gasteiger partial charge in [-0.15, -0.1) is 0 Å². The van der Waals surface area contributed by atoms with Gasteiger partial charge in [-0.2, -0.15) is 0 Å². The number of hydrogen-bond acceptors (Lipinski definition) is 2. The monoisotopic (exact) mass is 232 g/mol. The highest BCUT2D eigenvalue weighted by Crippen LogP contribution is 2.50.